The summed E-state index contributed by atoms with van der Waals surface area (Å²) in [5.74, 6) is -0.615. The van der Waals surface area contributed by atoms with Crippen LogP contribution in [0.1, 0.15) is 27.6 Å². The van der Waals surface area contributed by atoms with E-state index in [0.29, 0.717) is 18.0 Å². The van der Waals surface area contributed by atoms with Crippen molar-refractivity contribution in [2.45, 2.75) is 13.5 Å². The average molecular weight is 230 g/mol. The first kappa shape index (κ1) is 11.0. The molecule has 0 aliphatic heterocycles. The molecule has 0 fully saturated rings. The second kappa shape index (κ2) is 4.18. The Morgan fingerprint density at radius 1 is 1.65 bits per heavy atom. The summed E-state index contributed by atoms with van der Waals surface area (Å²) >= 11 is 0. The molecule has 0 radical (unpaired) electrons. The van der Waals surface area contributed by atoms with E-state index in [9.17, 15) is 4.79 Å². The minimum absolute atomic E-state index is 0.0804. The van der Waals surface area contributed by atoms with E-state index in [2.05, 4.69) is 6.07 Å². The zero-order valence-electron chi connectivity index (χ0n) is 9.17. The minimum atomic E-state index is -1.09. The van der Waals surface area contributed by atoms with E-state index in [0.717, 1.165) is 5.56 Å². The first-order valence-corrected chi connectivity index (χ1v) is 4.99. The van der Waals surface area contributed by atoms with Crippen molar-refractivity contribution in [3.63, 3.8) is 0 Å². The highest BCUT2D eigenvalue weighted by Crippen LogP contribution is 2.17. The van der Waals surface area contributed by atoms with Gasteiger partial charge in [-0.3, -0.25) is 0 Å². The maximum Gasteiger partial charge on any atom is 0.371 e. The molecule has 86 valence electrons. The van der Waals surface area contributed by atoms with E-state index >= 15 is 0 Å². The largest absolute Gasteiger partial charge is 0.475 e. The summed E-state index contributed by atoms with van der Waals surface area (Å²) in [4.78, 5) is 10.7. The Morgan fingerprint density at radius 2 is 2.41 bits per heavy atom. The molecule has 0 unspecified atom stereocenters. The molecule has 2 heterocycles. The molecule has 5 heteroatoms. The van der Waals surface area contributed by atoms with Gasteiger partial charge in [-0.1, -0.05) is 0 Å². The quantitative estimate of drug-likeness (QED) is 0.874. The molecule has 0 amide bonds. The first-order chi connectivity index (χ1) is 8.11. The van der Waals surface area contributed by atoms with E-state index in [4.69, 9.17) is 14.8 Å². The SMILES string of the molecule is Cc1oc(C(=O)O)cc1Cn1cccc1C#N. The standard InChI is InChI=1S/C12H10N2O3/c1-8-9(5-11(17-8)12(15)16)7-14-4-2-3-10(14)6-13/h2-5H,7H2,1H3,(H,15,16). The van der Waals surface area contributed by atoms with Crippen LogP contribution < -0.4 is 0 Å². The van der Waals surface area contributed by atoms with Crippen LogP contribution in [0.25, 0.3) is 0 Å². The van der Waals surface area contributed by atoms with Crippen molar-refractivity contribution < 1.29 is 14.3 Å². The van der Waals surface area contributed by atoms with Crippen molar-refractivity contribution in [1.29, 1.82) is 5.26 Å². The van der Waals surface area contributed by atoms with Gasteiger partial charge in [0.2, 0.25) is 5.76 Å². The van der Waals surface area contributed by atoms with Gasteiger partial charge in [-0.05, 0) is 25.1 Å². The summed E-state index contributed by atoms with van der Waals surface area (Å²) in [7, 11) is 0. The lowest BCUT2D eigenvalue weighted by Gasteiger charge is -2.02. The number of carbonyl (C=O) groups is 1. The number of carboxylic acids is 1. The molecular weight excluding hydrogens is 220 g/mol. The van der Waals surface area contributed by atoms with Gasteiger partial charge in [-0.15, -0.1) is 0 Å². The summed E-state index contributed by atoms with van der Waals surface area (Å²) in [6.07, 6.45) is 1.77. The van der Waals surface area contributed by atoms with Crippen molar-refractivity contribution in [3.05, 3.63) is 47.2 Å². The molecule has 17 heavy (non-hydrogen) atoms. The summed E-state index contributed by atoms with van der Waals surface area (Å²) in [6.45, 7) is 2.13. The molecule has 2 aromatic rings. The van der Waals surface area contributed by atoms with Crippen LogP contribution in [0.3, 0.4) is 0 Å². The second-order valence-corrected chi connectivity index (χ2v) is 3.63. The van der Waals surface area contributed by atoms with E-state index in [-0.39, 0.29) is 5.76 Å². The molecule has 1 N–H and O–H groups in total. The van der Waals surface area contributed by atoms with Gasteiger partial charge in [0.25, 0.3) is 0 Å². The summed E-state index contributed by atoms with van der Waals surface area (Å²) < 4.78 is 6.84. The molecule has 0 aromatic carbocycles. The Balaban J connectivity index is 2.31. The van der Waals surface area contributed by atoms with Crippen molar-refractivity contribution in [2.75, 3.05) is 0 Å². The van der Waals surface area contributed by atoms with Crippen LogP contribution in [-0.2, 0) is 6.54 Å². The molecule has 0 spiro atoms. The Labute approximate surface area is 97.5 Å². The van der Waals surface area contributed by atoms with Gasteiger partial charge >= 0.3 is 5.97 Å². The third kappa shape index (κ3) is 2.06. The van der Waals surface area contributed by atoms with E-state index in [1.165, 1.54) is 6.07 Å². The number of rotatable bonds is 3. The lowest BCUT2D eigenvalue weighted by atomic mass is 10.2. The van der Waals surface area contributed by atoms with Gasteiger partial charge in [-0.2, -0.15) is 5.26 Å². The number of aromatic carboxylic acids is 1. The zero-order chi connectivity index (χ0) is 12.4. The first-order valence-electron chi connectivity index (χ1n) is 4.99. The monoisotopic (exact) mass is 230 g/mol. The molecule has 0 aliphatic rings. The lowest BCUT2D eigenvalue weighted by molar-refractivity contribution is 0.0661. The van der Waals surface area contributed by atoms with Crippen molar-refractivity contribution >= 4 is 5.97 Å². The van der Waals surface area contributed by atoms with Crippen molar-refractivity contribution in [3.8, 4) is 6.07 Å². The minimum Gasteiger partial charge on any atom is -0.475 e. The van der Waals surface area contributed by atoms with Crippen molar-refractivity contribution in [1.82, 2.24) is 4.57 Å². The van der Waals surface area contributed by atoms with Crippen LogP contribution in [0.5, 0.6) is 0 Å². The van der Waals surface area contributed by atoms with Gasteiger partial charge in [-0.25, -0.2) is 4.79 Å². The van der Waals surface area contributed by atoms with Crippen LogP contribution in [-0.4, -0.2) is 15.6 Å². The van der Waals surface area contributed by atoms with Gasteiger partial charge in [0, 0.05) is 11.8 Å². The second-order valence-electron chi connectivity index (χ2n) is 3.63. The fraction of sp³-hybridized carbons (Fsp3) is 0.167. The number of aromatic nitrogens is 1. The Kier molecular flexibility index (Phi) is 2.71. The van der Waals surface area contributed by atoms with Crippen LogP contribution in [0.4, 0.5) is 0 Å². The summed E-state index contributed by atoms with van der Waals surface area (Å²) in [5, 5.41) is 17.7. The van der Waals surface area contributed by atoms with Crippen LogP contribution >= 0.6 is 0 Å². The molecule has 5 nitrogen and oxygen atoms in total. The van der Waals surface area contributed by atoms with E-state index < -0.39 is 5.97 Å². The number of hydrogen-bond acceptors (Lipinski definition) is 3. The molecule has 2 aromatic heterocycles. The zero-order valence-corrected chi connectivity index (χ0v) is 9.17. The fourth-order valence-electron chi connectivity index (χ4n) is 1.62. The van der Waals surface area contributed by atoms with Crippen molar-refractivity contribution in [2.24, 2.45) is 0 Å². The van der Waals surface area contributed by atoms with Crippen LogP contribution in [0.2, 0.25) is 0 Å². The Morgan fingerprint density at radius 3 is 3.00 bits per heavy atom. The third-order valence-corrected chi connectivity index (χ3v) is 2.52. The molecular formula is C12H10N2O3. The average Bonchev–Trinajstić information content (AvgIpc) is 2.87. The highest BCUT2D eigenvalue weighted by molar-refractivity contribution is 5.84. The molecule has 0 atom stereocenters. The predicted molar refractivity (Wildman–Crippen MR) is 58.7 cm³/mol. The van der Waals surface area contributed by atoms with Crippen LogP contribution in [0, 0.1) is 18.3 Å². The lowest BCUT2D eigenvalue weighted by Crippen LogP contribution is -2.00. The van der Waals surface area contributed by atoms with E-state index in [1.54, 1.807) is 29.8 Å². The fourth-order valence-corrected chi connectivity index (χ4v) is 1.62. The number of carboxylic acid groups (broad SMARTS) is 1. The third-order valence-electron chi connectivity index (χ3n) is 2.52. The van der Waals surface area contributed by atoms with E-state index in [1.807, 2.05) is 0 Å². The molecule has 0 bridgehead atoms. The van der Waals surface area contributed by atoms with Gasteiger partial charge in [0.05, 0.1) is 6.54 Å². The van der Waals surface area contributed by atoms with Gasteiger partial charge < -0.3 is 14.1 Å². The van der Waals surface area contributed by atoms with Crippen LogP contribution in [0.15, 0.2) is 28.8 Å². The molecule has 0 aliphatic carbocycles. The molecule has 0 saturated heterocycles. The Hall–Kier alpha value is -2.48. The van der Waals surface area contributed by atoms with Gasteiger partial charge in [0.1, 0.15) is 17.5 Å². The van der Waals surface area contributed by atoms with Gasteiger partial charge in [0.15, 0.2) is 0 Å². The number of nitriles is 1. The predicted octanol–water partition coefficient (Wildman–Crippen LogP) is 2.01. The normalized spacial score (nSPS) is 10.1. The number of hydrogen-bond donors (Lipinski definition) is 1. The highest BCUT2D eigenvalue weighted by Gasteiger charge is 2.13. The Bertz CT molecular complexity index is 602. The smallest absolute Gasteiger partial charge is 0.371 e. The maximum absolute atomic E-state index is 10.7. The molecule has 2 rings (SSSR count). The highest BCUT2D eigenvalue weighted by atomic mass is 16.4. The number of nitrogens with zero attached hydrogens (tertiary/aromatic N) is 2. The topological polar surface area (TPSA) is 79.2 Å². The summed E-state index contributed by atoms with van der Waals surface area (Å²) in [5.41, 5.74) is 1.29. The number of aryl methyl sites for hydroxylation is 1. The maximum atomic E-state index is 10.7. The number of furan rings is 1. The molecule has 0 saturated carbocycles. The summed E-state index contributed by atoms with van der Waals surface area (Å²) in [6, 6.07) is 7.02.